The van der Waals surface area contributed by atoms with Crippen LogP contribution < -0.4 is 0 Å². The molecular formula is C26H36F6N4O4. The standard InChI is InChI=1S/C26H36F6N4O4/c1-16(2)20(37)36-13-12-35-15-19(17(3)6-7-18(35)14-36)21(38)33(5)24(4)8-10-34(11-9-24)23(39)40-22(25(27,28)29)26(30,31)32/h7,15-17,22H,6,8-14H2,1-5H3. The molecule has 3 amide bonds. The number of fused-ring (bicyclic) bond motifs is 1. The van der Waals surface area contributed by atoms with Crippen LogP contribution in [0.1, 0.15) is 47.0 Å². The van der Waals surface area contributed by atoms with Gasteiger partial charge in [-0.2, -0.15) is 26.3 Å². The molecule has 226 valence electrons. The van der Waals surface area contributed by atoms with Crippen LogP contribution in [0.4, 0.5) is 31.1 Å². The van der Waals surface area contributed by atoms with Crippen LogP contribution in [-0.2, 0) is 14.3 Å². The Balaban J connectivity index is 1.66. The van der Waals surface area contributed by atoms with E-state index in [4.69, 9.17) is 0 Å². The maximum absolute atomic E-state index is 13.7. The lowest BCUT2D eigenvalue weighted by Gasteiger charge is -2.45. The number of nitrogens with zero attached hydrogens (tertiary/aromatic N) is 4. The number of piperazine rings is 1. The van der Waals surface area contributed by atoms with E-state index in [1.165, 1.54) is 4.90 Å². The molecule has 0 N–H and O–H groups in total. The van der Waals surface area contributed by atoms with Crippen molar-refractivity contribution in [1.29, 1.82) is 0 Å². The first-order valence-electron chi connectivity index (χ1n) is 13.2. The zero-order valence-corrected chi connectivity index (χ0v) is 23.2. The van der Waals surface area contributed by atoms with Crippen LogP contribution in [0, 0.1) is 11.8 Å². The number of likely N-dealkylation sites (tertiary alicyclic amines) is 1. The Morgan fingerprint density at radius 2 is 1.57 bits per heavy atom. The van der Waals surface area contributed by atoms with Gasteiger partial charge in [0.2, 0.25) is 5.91 Å². The lowest BCUT2D eigenvalue weighted by Crippen LogP contribution is -2.56. The summed E-state index contributed by atoms with van der Waals surface area (Å²) < 4.78 is 80.6. The average molecular weight is 583 g/mol. The molecule has 1 unspecified atom stereocenters. The van der Waals surface area contributed by atoms with Crippen LogP contribution in [0.5, 0.6) is 0 Å². The Morgan fingerprint density at radius 3 is 2.10 bits per heavy atom. The molecule has 0 aromatic heterocycles. The van der Waals surface area contributed by atoms with E-state index in [1.807, 2.05) is 37.9 Å². The summed E-state index contributed by atoms with van der Waals surface area (Å²) in [4.78, 5) is 44.4. The van der Waals surface area contributed by atoms with Gasteiger partial charge in [0.1, 0.15) is 0 Å². The largest absolute Gasteiger partial charge is 0.434 e. The zero-order chi connectivity index (χ0) is 30.2. The first-order chi connectivity index (χ1) is 18.3. The van der Waals surface area contributed by atoms with Crippen molar-refractivity contribution in [3.05, 3.63) is 23.5 Å². The highest BCUT2D eigenvalue weighted by molar-refractivity contribution is 5.94. The predicted molar refractivity (Wildman–Crippen MR) is 132 cm³/mol. The number of likely N-dealkylation sites (N-methyl/N-ethyl adjacent to an activating group) is 1. The third-order valence-electron chi connectivity index (χ3n) is 7.94. The molecule has 40 heavy (non-hydrogen) atoms. The van der Waals surface area contributed by atoms with E-state index >= 15 is 0 Å². The Labute approximate surface area is 229 Å². The Bertz CT molecular complexity index is 1030. The van der Waals surface area contributed by atoms with E-state index in [1.54, 1.807) is 18.9 Å². The number of ether oxygens (including phenoxy) is 1. The van der Waals surface area contributed by atoms with Gasteiger partial charge >= 0.3 is 18.4 Å². The third-order valence-corrected chi connectivity index (χ3v) is 7.94. The van der Waals surface area contributed by atoms with Crippen molar-refractivity contribution >= 4 is 17.9 Å². The van der Waals surface area contributed by atoms with Gasteiger partial charge in [-0.1, -0.05) is 26.8 Å². The quantitative estimate of drug-likeness (QED) is 0.456. The van der Waals surface area contributed by atoms with Gasteiger partial charge in [-0.3, -0.25) is 9.59 Å². The average Bonchev–Trinajstić information content (AvgIpc) is 3.03. The molecule has 14 heteroatoms. The van der Waals surface area contributed by atoms with Crippen molar-refractivity contribution in [3.8, 4) is 0 Å². The highest BCUT2D eigenvalue weighted by Crippen LogP contribution is 2.37. The van der Waals surface area contributed by atoms with E-state index in [9.17, 15) is 40.7 Å². The second-order valence-corrected chi connectivity index (χ2v) is 11.2. The minimum Gasteiger partial charge on any atom is -0.426 e. The van der Waals surface area contributed by atoms with Gasteiger partial charge in [0.25, 0.3) is 12.0 Å². The number of carbonyl (C=O) groups excluding carboxylic acids is 3. The topological polar surface area (TPSA) is 73.4 Å². The molecule has 3 heterocycles. The second-order valence-electron chi connectivity index (χ2n) is 11.2. The highest BCUT2D eigenvalue weighted by atomic mass is 19.4. The Morgan fingerprint density at radius 1 is 1.00 bits per heavy atom. The lowest BCUT2D eigenvalue weighted by molar-refractivity contribution is -0.308. The van der Waals surface area contributed by atoms with Crippen LogP contribution in [-0.4, -0.2) is 101 Å². The van der Waals surface area contributed by atoms with Gasteiger partial charge in [0.15, 0.2) is 0 Å². The van der Waals surface area contributed by atoms with Crippen LogP contribution in [0.15, 0.2) is 23.5 Å². The van der Waals surface area contributed by atoms with E-state index in [0.29, 0.717) is 31.6 Å². The molecule has 2 fully saturated rings. The van der Waals surface area contributed by atoms with Crippen molar-refractivity contribution < 1.29 is 45.5 Å². The number of rotatable bonds is 4. The highest BCUT2D eigenvalue weighted by Gasteiger charge is 2.60. The molecule has 0 spiro atoms. The summed E-state index contributed by atoms with van der Waals surface area (Å²) >= 11 is 0. The van der Waals surface area contributed by atoms with Crippen LogP contribution in [0.3, 0.4) is 0 Å². The Kier molecular flexibility index (Phi) is 9.10. The van der Waals surface area contributed by atoms with Crippen molar-refractivity contribution in [3.63, 3.8) is 0 Å². The predicted octanol–water partition coefficient (Wildman–Crippen LogP) is 4.54. The normalized spacial score (nSPS) is 21.9. The molecule has 3 aliphatic rings. The number of allylic oxidation sites excluding steroid dienone is 1. The third kappa shape index (κ3) is 6.85. The zero-order valence-electron chi connectivity index (χ0n) is 23.2. The number of piperidine rings is 1. The molecule has 8 nitrogen and oxygen atoms in total. The Hall–Kier alpha value is -2.93. The SMILES string of the molecule is CC(C)C(=O)N1CCN2C=C(C(=O)N(C)C3(C)CCN(C(=O)OC(C(F)(F)F)C(F)(F)F)CC3)C(C)CC=C2C1. The molecule has 0 aromatic rings. The van der Waals surface area contributed by atoms with Crippen LogP contribution >= 0.6 is 0 Å². The molecule has 3 rings (SSSR count). The second kappa shape index (κ2) is 11.5. The fraction of sp³-hybridized carbons (Fsp3) is 0.731. The van der Waals surface area contributed by atoms with E-state index in [0.717, 1.165) is 10.6 Å². The van der Waals surface area contributed by atoms with Gasteiger partial charge in [-0.25, -0.2) is 4.79 Å². The minimum atomic E-state index is -5.79. The van der Waals surface area contributed by atoms with Crippen molar-refractivity contribution in [2.24, 2.45) is 11.8 Å². The molecule has 0 radical (unpaired) electrons. The number of hydrogen-bond acceptors (Lipinski definition) is 5. The van der Waals surface area contributed by atoms with E-state index in [2.05, 4.69) is 4.74 Å². The summed E-state index contributed by atoms with van der Waals surface area (Å²) in [5.74, 6) is -0.450. The van der Waals surface area contributed by atoms with Gasteiger partial charge in [0, 0.05) is 62.2 Å². The summed E-state index contributed by atoms with van der Waals surface area (Å²) in [7, 11) is 1.60. The van der Waals surface area contributed by atoms with Crippen molar-refractivity contribution in [1.82, 2.24) is 19.6 Å². The van der Waals surface area contributed by atoms with Crippen molar-refractivity contribution in [2.75, 3.05) is 39.8 Å². The number of halogens is 6. The molecule has 3 aliphatic heterocycles. The van der Waals surface area contributed by atoms with Crippen LogP contribution in [0.25, 0.3) is 0 Å². The summed E-state index contributed by atoms with van der Waals surface area (Å²) in [6.45, 7) is 8.52. The summed E-state index contributed by atoms with van der Waals surface area (Å²) in [5.41, 5.74) is 0.692. The maximum atomic E-state index is 13.7. The lowest BCUT2D eigenvalue weighted by atomic mass is 9.86. The molecular weight excluding hydrogens is 546 g/mol. The van der Waals surface area contributed by atoms with Gasteiger partial charge < -0.3 is 24.3 Å². The smallest absolute Gasteiger partial charge is 0.426 e. The number of amides is 3. The minimum absolute atomic E-state index is 0.0633. The number of alkyl halides is 6. The summed E-state index contributed by atoms with van der Waals surface area (Å²) in [5, 5.41) is 0. The maximum Gasteiger partial charge on any atom is 0.434 e. The van der Waals surface area contributed by atoms with Crippen LogP contribution in [0.2, 0.25) is 0 Å². The summed E-state index contributed by atoms with van der Waals surface area (Å²) in [6.07, 6.45) is -12.8. The van der Waals surface area contributed by atoms with E-state index < -0.39 is 30.1 Å². The first-order valence-corrected chi connectivity index (χ1v) is 13.2. The van der Waals surface area contributed by atoms with Gasteiger partial charge in [0.05, 0.1) is 6.54 Å². The number of hydrogen-bond donors (Lipinski definition) is 0. The molecule has 0 aromatic carbocycles. The van der Waals surface area contributed by atoms with Gasteiger partial charge in [-0.15, -0.1) is 0 Å². The van der Waals surface area contributed by atoms with Crippen molar-refractivity contribution in [2.45, 2.75) is 71.0 Å². The molecule has 0 aliphatic carbocycles. The molecule has 0 saturated carbocycles. The number of carbonyl (C=O) groups is 3. The molecule has 0 bridgehead atoms. The van der Waals surface area contributed by atoms with E-state index in [-0.39, 0.29) is 49.6 Å². The first kappa shape index (κ1) is 31.6. The fourth-order valence-electron chi connectivity index (χ4n) is 5.06. The monoisotopic (exact) mass is 582 g/mol. The molecule has 1 atom stereocenters. The van der Waals surface area contributed by atoms with Gasteiger partial charge in [-0.05, 0) is 32.1 Å². The summed E-state index contributed by atoms with van der Waals surface area (Å²) in [6, 6.07) is 0. The molecule has 2 saturated heterocycles. The fourth-order valence-corrected chi connectivity index (χ4v) is 5.06.